The van der Waals surface area contributed by atoms with Gasteiger partial charge in [-0.1, -0.05) is 42.5 Å². The Labute approximate surface area is 113 Å². The Kier molecular flexibility index (Phi) is 4.93. The summed E-state index contributed by atoms with van der Waals surface area (Å²) in [5.74, 6) is -0.194. The largest absolute Gasteiger partial charge is 0.465 e. The second-order valence-corrected chi connectivity index (χ2v) is 4.37. The lowest BCUT2D eigenvalue weighted by atomic mass is 10.0. The van der Waals surface area contributed by atoms with Crippen LogP contribution in [-0.4, -0.2) is 25.7 Å². The molecule has 0 unspecified atom stereocenters. The van der Waals surface area contributed by atoms with Gasteiger partial charge in [0.1, 0.15) is 0 Å². The van der Waals surface area contributed by atoms with E-state index in [4.69, 9.17) is 4.74 Å². The van der Waals surface area contributed by atoms with Crippen molar-refractivity contribution < 1.29 is 9.53 Å². The third-order valence-corrected chi connectivity index (χ3v) is 3.03. The average Bonchev–Trinajstić information content (AvgIpc) is 2.44. The predicted octanol–water partition coefficient (Wildman–Crippen LogP) is 2.54. The summed E-state index contributed by atoms with van der Waals surface area (Å²) in [6.45, 7) is 3.29. The van der Waals surface area contributed by atoms with Crippen molar-refractivity contribution in [2.75, 3.05) is 19.7 Å². The summed E-state index contributed by atoms with van der Waals surface area (Å²) < 4.78 is 4.86. The third kappa shape index (κ3) is 3.80. The van der Waals surface area contributed by atoms with Gasteiger partial charge in [-0.2, -0.15) is 0 Å². The van der Waals surface area contributed by atoms with Gasteiger partial charge in [-0.05, 0) is 36.2 Å². The maximum atomic E-state index is 11.2. The SMILES string of the molecule is CCOC(=O)CNCCc1cccc2ccccc12. The van der Waals surface area contributed by atoms with Crippen LogP contribution >= 0.6 is 0 Å². The van der Waals surface area contributed by atoms with E-state index in [-0.39, 0.29) is 12.5 Å². The van der Waals surface area contributed by atoms with E-state index in [2.05, 4.69) is 41.7 Å². The van der Waals surface area contributed by atoms with E-state index in [9.17, 15) is 4.79 Å². The number of esters is 1. The number of hydrogen-bond acceptors (Lipinski definition) is 3. The Morgan fingerprint density at radius 3 is 2.79 bits per heavy atom. The number of carbonyl (C=O) groups excluding carboxylic acids is 1. The fourth-order valence-corrected chi connectivity index (χ4v) is 2.14. The Balaban J connectivity index is 1.90. The van der Waals surface area contributed by atoms with Gasteiger partial charge in [0.25, 0.3) is 0 Å². The third-order valence-electron chi connectivity index (χ3n) is 3.03. The number of benzene rings is 2. The second kappa shape index (κ2) is 6.90. The number of fused-ring (bicyclic) bond motifs is 1. The first-order valence-corrected chi connectivity index (χ1v) is 6.64. The van der Waals surface area contributed by atoms with Crippen LogP contribution in [0, 0.1) is 0 Å². The lowest BCUT2D eigenvalue weighted by molar-refractivity contribution is -0.141. The molecule has 0 heterocycles. The molecule has 2 rings (SSSR count). The van der Waals surface area contributed by atoms with Gasteiger partial charge < -0.3 is 10.1 Å². The van der Waals surface area contributed by atoms with E-state index in [1.54, 1.807) is 0 Å². The second-order valence-electron chi connectivity index (χ2n) is 4.37. The molecule has 3 heteroatoms. The molecule has 0 aliphatic rings. The number of carbonyl (C=O) groups is 1. The summed E-state index contributed by atoms with van der Waals surface area (Å²) in [7, 11) is 0. The highest BCUT2D eigenvalue weighted by Gasteiger charge is 2.02. The van der Waals surface area contributed by atoms with Gasteiger partial charge in [0.15, 0.2) is 0 Å². The van der Waals surface area contributed by atoms with E-state index in [1.807, 2.05) is 13.0 Å². The Bertz CT molecular complexity index is 546. The minimum Gasteiger partial charge on any atom is -0.465 e. The minimum atomic E-state index is -0.194. The Morgan fingerprint density at radius 1 is 1.16 bits per heavy atom. The molecule has 0 aliphatic carbocycles. The van der Waals surface area contributed by atoms with Crippen molar-refractivity contribution >= 4 is 16.7 Å². The summed E-state index contributed by atoms with van der Waals surface area (Å²) >= 11 is 0. The molecule has 2 aromatic rings. The first-order valence-electron chi connectivity index (χ1n) is 6.64. The molecule has 2 aromatic carbocycles. The van der Waals surface area contributed by atoms with Crippen LogP contribution in [-0.2, 0) is 16.0 Å². The lowest BCUT2D eigenvalue weighted by Gasteiger charge is -2.07. The molecule has 100 valence electrons. The van der Waals surface area contributed by atoms with Gasteiger partial charge in [-0.25, -0.2) is 0 Å². The molecule has 19 heavy (non-hydrogen) atoms. The number of nitrogens with one attached hydrogen (secondary N) is 1. The van der Waals surface area contributed by atoms with Gasteiger partial charge in [-0.15, -0.1) is 0 Å². The summed E-state index contributed by atoms with van der Waals surface area (Å²) in [6.07, 6.45) is 0.904. The van der Waals surface area contributed by atoms with Crippen LogP contribution in [0.4, 0.5) is 0 Å². The van der Waals surface area contributed by atoms with E-state index >= 15 is 0 Å². The van der Waals surface area contributed by atoms with Crippen LogP contribution in [0.1, 0.15) is 12.5 Å². The van der Waals surface area contributed by atoms with Crippen molar-refractivity contribution in [1.29, 1.82) is 0 Å². The first-order chi connectivity index (χ1) is 9.31. The zero-order valence-electron chi connectivity index (χ0n) is 11.2. The van der Waals surface area contributed by atoms with E-state index in [0.717, 1.165) is 13.0 Å². The normalized spacial score (nSPS) is 10.6. The molecule has 0 aromatic heterocycles. The summed E-state index contributed by atoms with van der Waals surface area (Å²) in [6, 6.07) is 14.7. The quantitative estimate of drug-likeness (QED) is 0.638. The molecule has 0 saturated heterocycles. The molecule has 0 aliphatic heterocycles. The Morgan fingerprint density at radius 2 is 1.95 bits per heavy atom. The van der Waals surface area contributed by atoms with Crippen molar-refractivity contribution in [2.24, 2.45) is 0 Å². The average molecular weight is 257 g/mol. The topological polar surface area (TPSA) is 38.3 Å². The van der Waals surface area contributed by atoms with E-state index in [1.165, 1.54) is 16.3 Å². The molecule has 0 fully saturated rings. The lowest BCUT2D eigenvalue weighted by Crippen LogP contribution is -2.26. The van der Waals surface area contributed by atoms with Crippen molar-refractivity contribution in [3.63, 3.8) is 0 Å². The molecular weight excluding hydrogens is 238 g/mol. The smallest absolute Gasteiger partial charge is 0.319 e. The van der Waals surface area contributed by atoms with Crippen molar-refractivity contribution in [1.82, 2.24) is 5.32 Å². The Hall–Kier alpha value is -1.87. The molecule has 3 nitrogen and oxygen atoms in total. The molecule has 0 radical (unpaired) electrons. The van der Waals surface area contributed by atoms with E-state index < -0.39 is 0 Å². The van der Waals surface area contributed by atoms with Gasteiger partial charge in [0.2, 0.25) is 0 Å². The zero-order valence-corrected chi connectivity index (χ0v) is 11.2. The standard InChI is InChI=1S/C16H19NO2/c1-2-19-16(18)12-17-11-10-14-8-5-7-13-6-3-4-9-15(13)14/h3-9,17H,2,10-12H2,1H3. The monoisotopic (exact) mass is 257 g/mol. The maximum Gasteiger partial charge on any atom is 0.319 e. The highest BCUT2D eigenvalue weighted by atomic mass is 16.5. The molecule has 0 saturated carbocycles. The fourth-order valence-electron chi connectivity index (χ4n) is 2.14. The van der Waals surface area contributed by atoms with Crippen molar-refractivity contribution in [2.45, 2.75) is 13.3 Å². The number of rotatable bonds is 6. The summed E-state index contributed by atoms with van der Waals surface area (Å²) in [5, 5.41) is 5.64. The highest BCUT2D eigenvalue weighted by molar-refractivity contribution is 5.85. The molecule has 0 spiro atoms. The van der Waals surface area contributed by atoms with Crippen LogP contribution in [0.15, 0.2) is 42.5 Å². The summed E-state index contributed by atoms with van der Waals surface area (Å²) in [5.41, 5.74) is 1.30. The molecule has 0 bridgehead atoms. The zero-order chi connectivity index (χ0) is 13.5. The van der Waals surface area contributed by atoms with Crippen LogP contribution in [0.25, 0.3) is 10.8 Å². The fraction of sp³-hybridized carbons (Fsp3) is 0.312. The van der Waals surface area contributed by atoms with Crippen LogP contribution in [0.3, 0.4) is 0 Å². The van der Waals surface area contributed by atoms with Crippen LogP contribution < -0.4 is 5.32 Å². The van der Waals surface area contributed by atoms with Gasteiger partial charge in [0.05, 0.1) is 13.2 Å². The molecule has 0 amide bonds. The van der Waals surface area contributed by atoms with Crippen molar-refractivity contribution in [3.05, 3.63) is 48.0 Å². The van der Waals surface area contributed by atoms with E-state index in [0.29, 0.717) is 6.61 Å². The van der Waals surface area contributed by atoms with Gasteiger partial charge >= 0.3 is 5.97 Å². The van der Waals surface area contributed by atoms with Gasteiger partial charge in [-0.3, -0.25) is 4.79 Å². The first kappa shape index (κ1) is 13.6. The highest BCUT2D eigenvalue weighted by Crippen LogP contribution is 2.18. The molecule has 0 atom stereocenters. The van der Waals surface area contributed by atoms with Gasteiger partial charge in [0, 0.05) is 0 Å². The number of hydrogen-bond donors (Lipinski definition) is 1. The maximum absolute atomic E-state index is 11.2. The predicted molar refractivity (Wildman–Crippen MR) is 77.2 cm³/mol. The van der Waals surface area contributed by atoms with Crippen molar-refractivity contribution in [3.8, 4) is 0 Å². The molecule has 1 N–H and O–H groups in total. The minimum absolute atomic E-state index is 0.194. The van der Waals surface area contributed by atoms with Crippen LogP contribution in [0.5, 0.6) is 0 Å². The number of ether oxygens (including phenoxy) is 1. The molecular formula is C16H19NO2. The summed E-state index contributed by atoms with van der Waals surface area (Å²) in [4.78, 5) is 11.2. The van der Waals surface area contributed by atoms with Crippen LogP contribution in [0.2, 0.25) is 0 Å².